The lowest BCUT2D eigenvalue weighted by molar-refractivity contribution is 0.0972. The maximum Gasteiger partial charge on any atom is 0.274 e. The lowest BCUT2D eigenvalue weighted by Crippen LogP contribution is -2.36. The number of carbonyl (C=O) groups is 1. The number of aliphatic imine (C=N–C) groups is 1. The summed E-state index contributed by atoms with van der Waals surface area (Å²) in [5.74, 6) is 0.446. The van der Waals surface area contributed by atoms with Crippen molar-refractivity contribution >= 4 is 35.2 Å². The van der Waals surface area contributed by atoms with Crippen LogP contribution in [0.25, 0.3) is 10.9 Å². The summed E-state index contributed by atoms with van der Waals surface area (Å²) in [7, 11) is 1.51. The molecule has 3 rings (SSSR count). The molecule has 4 N–H and O–H groups in total. The van der Waals surface area contributed by atoms with E-state index in [0.29, 0.717) is 18.1 Å². The van der Waals surface area contributed by atoms with E-state index in [4.69, 9.17) is 10.5 Å². The quantitative estimate of drug-likeness (QED) is 0.475. The maximum atomic E-state index is 12.1. The molecule has 26 heavy (non-hydrogen) atoms. The van der Waals surface area contributed by atoms with Crippen LogP contribution in [0.2, 0.25) is 0 Å². The highest BCUT2D eigenvalue weighted by Gasteiger charge is 2.12. The number of nitrogens with zero attached hydrogens (tertiary/aromatic N) is 1. The number of para-hydroxylation sites is 1. The third kappa shape index (κ3) is 4.55. The average Bonchev–Trinajstić information content (AvgIpc) is 3.08. The van der Waals surface area contributed by atoms with Gasteiger partial charge in [-0.2, -0.15) is 0 Å². The molecule has 0 aliphatic heterocycles. The number of nitrogens with one attached hydrogen (secondary N) is 2. The minimum atomic E-state index is -0.338. The van der Waals surface area contributed by atoms with Crippen LogP contribution in [0.3, 0.4) is 0 Å². The molecule has 1 amide bonds. The zero-order valence-electron chi connectivity index (χ0n) is 14.4. The maximum absolute atomic E-state index is 12.1. The number of rotatable bonds is 5. The Morgan fingerprint density at radius 2 is 1.96 bits per heavy atom. The number of nitrogens with two attached hydrogens (primary N) is 1. The molecule has 0 aliphatic carbocycles. The minimum Gasteiger partial charge on any atom is -0.491 e. The first kappa shape index (κ1) is 19.3. The van der Waals surface area contributed by atoms with Crippen molar-refractivity contribution in [1.29, 1.82) is 0 Å². The second-order valence-electron chi connectivity index (χ2n) is 5.55. The third-order valence-corrected chi connectivity index (χ3v) is 3.84. The van der Waals surface area contributed by atoms with Gasteiger partial charge < -0.3 is 15.5 Å². The normalized spacial score (nSPS) is 11.0. The first-order valence-corrected chi connectivity index (χ1v) is 7.99. The Kier molecular flexibility index (Phi) is 6.63. The van der Waals surface area contributed by atoms with Crippen molar-refractivity contribution in [3.8, 4) is 5.75 Å². The predicted octanol–water partition coefficient (Wildman–Crippen LogP) is 2.89. The highest BCUT2D eigenvalue weighted by molar-refractivity contribution is 6.06. The van der Waals surface area contributed by atoms with Gasteiger partial charge in [0, 0.05) is 18.9 Å². The van der Waals surface area contributed by atoms with Crippen molar-refractivity contribution in [3.05, 3.63) is 65.9 Å². The van der Waals surface area contributed by atoms with Crippen LogP contribution in [0, 0.1) is 0 Å². The van der Waals surface area contributed by atoms with E-state index in [0.717, 1.165) is 17.3 Å². The smallest absolute Gasteiger partial charge is 0.274 e. The Morgan fingerprint density at radius 1 is 1.19 bits per heavy atom. The van der Waals surface area contributed by atoms with E-state index >= 15 is 0 Å². The first-order valence-electron chi connectivity index (χ1n) is 7.99. The van der Waals surface area contributed by atoms with Crippen LogP contribution in [0.4, 0.5) is 0 Å². The molecule has 0 spiro atoms. The number of amides is 1. The zero-order chi connectivity index (χ0) is 17.6. The third-order valence-electron chi connectivity index (χ3n) is 3.84. The van der Waals surface area contributed by atoms with Crippen molar-refractivity contribution in [1.82, 2.24) is 10.3 Å². The molecule has 3 aromatic rings. The predicted molar refractivity (Wildman–Crippen MR) is 106 cm³/mol. The Labute approximate surface area is 157 Å². The number of aromatic amines is 1. The largest absolute Gasteiger partial charge is 0.491 e. The summed E-state index contributed by atoms with van der Waals surface area (Å²) < 4.78 is 5.91. The van der Waals surface area contributed by atoms with Gasteiger partial charge in [0.15, 0.2) is 5.96 Å². The molecule has 1 heterocycles. The van der Waals surface area contributed by atoms with Crippen LogP contribution >= 0.6 is 12.4 Å². The molecule has 0 atom stereocenters. The molecule has 6 nitrogen and oxygen atoms in total. The Balaban J connectivity index is 0.00000243. The summed E-state index contributed by atoms with van der Waals surface area (Å²) in [5.41, 5.74) is 7.94. The van der Waals surface area contributed by atoms with Crippen molar-refractivity contribution in [2.45, 2.75) is 6.42 Å². The van der Waals surface area contributed by atoms with E-state index in [-0.39, 0.29) is 24.3 Å². The van der Waals surface area contributed by atoms with Gasteiger partial charge in [0.1, 0.15) is 11.4 Å². The number of hydrogen-bond acceptors (Lipinski definition) is 3. The van der Waals surface area contributed by atoms with E-state index < -0.39 is 0 Å². The van der Waals surface area contributed by atoms with Crippen LogP contribution in [0.15, 0.2) is 59.6 Å². The van der Waals surface area contributed by atoms with Crippen LogP contribution in [-0.2, 0) is 6.42 Å². The van der Waals surface area contributed by atoms with Gasteiger partial charge in [0.05, 0.1) is 12.1 Å². The Bertz CT molecular complexity index is 906. The highest BCUT2D eigenvalue weighted by atomic mass is 35.5. The zero-order valence-corrected chi connectivity index (χ0v) is 15.2. The van der Waals surface area contributed by atoms with Gasteiger partial charge in [-0.25, -0.2) is 0 Å². The summed E-state index contributed by atoms with van der Waals surface area (Å²) in [4.78, 5) is 19.0. The minimum absolute atomic E-state index is 0. The second-order valence-corrected chi connectivity index (χ2v) is 5.55. The molecule has 0 saturated carbocycles. The van der Waals surface area contributed by atoms with Gasteiger partial charge in [0.25, 0.3) is 5.91 Å². The van der Waals surface area contributed by atoms with E-state index in [1.165, 1.54) is 12.6 Å². The fraction of sp³-hybridized carbons (Fsp3) is 0.158. The van der Waals surface area contributed by atoms with Gasteiger partial charge >= 0.3 is 0 Å². The van der Waals surface area contributed by atoms with Crippen molar-refractivity contribution in [2.75, 3.05) is 13.7 Å². The van der Waals surface area contributed by atoms with Gasteiger partial charge in [-0.15, -0.1) is 12.4 Å². The standard InChI is InChI=1S/C19H20N4O2.ClH/c1-21-19(20)23-18(24)15-12-14-8-5-9-16(17(14)22-15)25-11-10-13-6-3-2-4-7-13;/h2-9,12,22H,10-11H2,1H3,(H3,20,21,23,24);1H. The number of aromatic nitrogens is 1. The van der Waals surface area contributed by atoms with E-state index in [2.05, 4.69) is 27.4 Å². The highest BCUT2D eigenvalue weighted by Crippen LogP contribution is 2.26. The summed E-state index contributed by atoms with van der Waals surface area (Å²) in [5, 5.41) is 3.41. The van der Waals surface area contributed by atoms with E-state index in [1.54, 1.807) is 6.07 Å². The van der Waals surface area contributed by atoms with Gasteiger partial charge in [-0.05, 0) is 17.7 Å². The molecule has 2 aromatic carbocycles. The van der Waals surface area contributed by atoms with Gasteiger partial charge in [0.2, 0.25) is 0 Å². The van der Waals surface area contributed by atoms with E-state index in [1.807, 2.05) is 36.4 Å². The first-order chi connectivity index (χ1) is 12.2. The van der Waals surface area contributed by atoms with Gasteiger partial charge in [-0.1, -0.05) is 42.5 Å². The molecule has 7 heteroatoms. The molecule has 0 aliphatic rings. The molecule has 0 saturated heterocycles. The molecule has 0 fully saturated rings. The SMILES string of the molecule is CN=C(N)NC(=O)c1cc2cccc(OCCc3ccccc3)c2[nH]1.Cl. The van der Waals surface area contributed by atoms with Crippen molar-refractivity contribution < 1.29 is 9.53 Å². The molecule has 0 radical (unpaired) electrons. The number of guanidine groups is 1. The lowest BCUT2D eigenvalue weighted by atomic mass is 10.2. The topological polar surface area (TPSA) is 92.5 Å². The second kappa shape index (κ2) is 8.92. The molecule has 0 unspecified atom stereocenters. The number of fused-ring (bicyclic) bond motifs is 1. The number of carbonyl (C=O) groups excluding carboxylic acids is 1. The molecule has 136 valence electrons. The molecule has 0 bridgehead atoms. The lowest BCUT2D eigenvalue weighted by Gasteiger charge is -2.07. The van der Waals surface area contributed by atoms with Crippen molar-refractivity contribution in [2.24, 2.45) is 10.7 Å². The monoisotopic (exact) mass is 372 g/mol. The van der Waals surface area contributed by atoms with Crippen molar-refractivity contribution in [3.63, 3.8) is 0 Å². The number of ether oxygens (including phenoxy) is 1. The van der Waals surface area contributed by atoms with E-state index in [9.17, 15) is 4.79 Å². The summed E-state index contributed by atoms with van der Waals surface area (Å²) >= 11 is 0. The summed E-state index contributed by atoms with van der Waals surface area (Å²) in [6.07, 6.45) is 0.814. The fourth-order valence-corrected chi connectivity index (χ4v) is 2.53. The van der Waals surface area contributed by atoms with Gasteiger partial charge in [-0.3, -0.25) is 15.1 Å². The average molecular weight is 373 g/mol. The fourth-order valence-electron chi connectivity index (χ4n) is 2.53. The molecular weight excluding hydrogens is 352 g/mol. The Hall–Kier alpha value is -2.99. The van der Waals surface area contributed by atoms with Crippen LogP contribution in [-0.4, -0.2) is 30.5 Å². The van der Waals surface area contributed by atoms with Crippen LogP contribution < -0.4 is 15.8 Å². The number of benzene rings is 2. The Morgan fingerprint density at radius 3 is 2.69 bits per heavy atom. The number of halogens is 1. The number of H-pyrrole nitrogens is 1. The van der Waals surface area contributed by atoms with Crippen LogP contribution in [0.1, 0.15) is 16.1 Å². The summed E-state index contributed by atoms with van der Waals surface area (Å²) in [6, 6.07) is 17.6. The number of hydrogen-bond donors (Lipinski definition) is 3. The molecule has 1 aromatic heterocycles. The molecular formula is C19H21ClN4O2. The summed E-state index contributed by atoms with van der Waals surface area (Å²) in [6.45, 7) is 0.555. The van der Waals surface area contributed by atoms with Crippen LogP contribution in [0.5, 0.6) is 5.75 Å².